The molecule has 0 saturated heterocycles. The minimum absolute atomic E-state index is 0.199. The summed E-state index contributed by atoms with van der Waals surface area (Å²) in [4.78, 5) is 2.33. The summed E-state index contributed by atoms with van der Waals surface area (Å²) in [6.45, 7) is 10.4. The Morgan fingerprint density at radius 2 is 2.17 bits per heavy atom. The van der Waals surface area contributed by atoms with Crippen molar-refractivity contribution in [3.05, 3.63) is 23.9 Å². The Balaban J connectivity index is 2.45. The number of unbranched alkanes of at least 4 members (excludes halogenated alkanes) is 3. The van der Waals surface area contributed by atoms with Crippen molar-refractivity contribution >= 4 is 0 Å². The number of ether oxygens (including phenoxy) is 1. The first-order chi connectivity index (χ1) is 8.70. The second-order valence-corrected chi connectivity index (χ2v) is 5.21. The van der Waals surface area contributed by atoms with Crippen LogP contribution in [-0.2, 0) is 4.74 Å². The Labute approximate surface area is 113 Å². The number of hydrogen-bond acceptors (Lipinski definition) is 2. The molecule has 0 amide bonds. The average Bonchev–Trinajstić information content (AvgIpc) is 2.37. The lowest BCUT2D eigenvalue weighted by Crippen LogP contribution is -2.32. The number of allylic oxidation sites excluding steroid dienone is 2. The van der Waals surface area contributed by atoms with Crippen molar-refractivity contribution in [1.29, 1.82) is 0 Å². The van der Waals surface area contributed by atoms with Gasteiger partial charge in [0, 0.05) is 25.9 Å². The summed E-state index contributed by atoms with van der Waals surface area (Å²) in [5.74, 6) is 0. The second kappa shape index (κ2) is 8.36. The van der Waals surface area contributed by atoms with Crippen LogP contribution in [0.3, 0.4) is 0 Å². The third-order valence-corrected chi connectivity index (χ3v) is 3.68. The Kier molecular flexibility index (Phi) is 7.11. The normalized spacial score (nSPS) is 18.1. The van der Waals surface area contributed by atoms with E-state index in [9.17, 15) is 0 Å². The zero-order chi connectivity index (χ0) is 13.4. The molecule has 1 rings (SSSR count). The van der Waals surface area contributed by atoms with E-state index in [4.69, 9.17) is 4.74 Å². The standard InChI is InChI=1S/C16H29NO/c1-5-7-8-9-13-18-14(3)16-15(6-2)11-10-12-17(16)4/h6,14H,2,5,7-13H2,1,3-4H3. The molecule has 0 N–H and O–H groups in total. The van der Waals surface area contributed by atoms with Crippen LogP contribution < -0.4 is 0 Å². The van der Waals surface area contributed by atoms with E-state index in [0.717, 1.165) is 19.6 Å². The van der Waals surface area contributed by atoms with Gasteiger partial charge in [-0.25, -0.2) is 0 Å². The van der Waals surface area contributed by atoms with E-state index in [1.807, 2.05) is 6.08 Å². The summed E-state index contributed by atoms with van der Waals surface area (Å²) in [6.07, 6.45) is 9.64. The van der Waals surface area contributed by atoms with E-state index < -0.39 is 0 Å². The van der Waals surface area contributed by atoms with Crippen molar-refractivity contribution in [2.24, 2.45) is 0 Å². The van der Waals surface area contributed by atoms with E-state index >= 15 is 0 Å². The highest BCUT2D eigenvalue weighted by molar-refractivity contribution is 5.27. The molecule has 2 nitrogen and oxygen atoms in total. The third-order valence-electron chi connectivity index (χ3n) is 3.68. The van der Waals surface area contributed by atoms with Crippen LogP contribution in [0.25, 0.3) is 0 Å². The van der Waals surface area contributed by atoms with Crippen molar-refractivity contribution < 1.29 is 4.74 Å². The fraction of sp³-hybridized carbons (Fsp3) is 0.750. The SMILES string of the molecule is C=CC1=C(C(C)OCCCCCC)N(C)CCC1. The number of hydrogen-bond donors (Lipinski definition) is 0. The summed E-state index contributed by atoms with van der Waals surface area (Å²) in [5, 5.41) is 0. The van der Waals surface area contributed by atoms with Gasteiger partial charge in [0.25, 0.3) is 0 Å². The van der Waals surface area contributed by atoms with Gasteiger partial charge in [0.05, 0.1) is 6.10 Å². The minimum Gasteiger partial charge on any atom is -0.376 e. The minimum atomic E-state index is 0.199. The van der Waals surface area contributed by atoms with Crippen LogP contribution in [0.2, 0.25) is 0 Å². The Bertz CT molecular complexity index is 283. The lowest BCUT2D eigenvalue weighted by Gasteiger charge is -2.33. The summed E-state index contributed by atoms with van der Waals surface area (Å²) < 4.78 is 5.98. The van der Waals surface area contributed by atoms with Crippen LogP contribution in [0, 0.1) is 0 Å². The number of rotatable bonds is 8. The molecule has 1 heterocycles. The van der Waals surface area contributed by atoms with Crippen molar-refractivity contribution in [1.82, 2.24) is 4.90 Å². The van der Waals surface area contributed by atoms with E-state index in [1.165, 1.54) is 43.4 Å². The van der Waals surface area contributed by atoms with Gasteiger partial charge in [-0.15, -0.1) is 0 Å². The van der Waals surface area contributed by atoms with E-state index in [-0.39, 0.29) is 6.10 Å². The van der Waals surface area contributed by atoms with Crippen LogP contribution in [0.4, 0.5) is 0 Å². The van der Waals surface area contributed by atoms with Gasteiger partial charge in [-0.2, -0.15) is 0 Å². The summed E-state index contributed by atoms with van der Waals surface area (Å²) in [6, 6.07) is 0. The summed E-state index contributed by atoms with van der Waals surface area (Å²) in [5.41, 5.74) is 2.71. The van der Waals surface area contributed by atoms with Gasteiger partial charge in [-0.05, 0) is 31.8 Å². The predicted octanol–water partition coefficient (Wildman–Crippen LogP) is 4.14. The number of nitrogens with zero attached hydrogens (tertiary/aromatic N) is 1. The van der Waals surface area contributed by atoms with Gasteiger partial charge >= 0.3 is 0 Å². The smallest absolute Gasteiger partial charge is 0.0945 e. The molecule has 1 atom stereocenters. The molecule has 104 valence electrons. The number of likely N-dealkylation sites (N-methyl/N-ethyl adjacent to an activating group) is 1. The Morgan fingerprint density at radius 1 is 1.39 bits per heavy atom. The maximum absolute atomic E-state index is 5.98. The molecule has 0 aromatic heterocycles. The molecule has 0 spiro atoms. The van der Waals surface area contributed by atoms with Crippen molar-refractivity contribution in [3.63, 3.8) is 0 Å². The molecule has 0 bridgehead atoms. The highest BCUT2D eigenvalue weighted by Crippen LogP contribution is 2.25. The molecule has 0 radical (unpaired) electrons. The van der Waals surface area contributed by atoms with Gasteiger partial charge in [0.15, 0.2) is 0 Å². The maximum Gasteiger partial charge on any atom is 0.0945 e. The van der Waals surface area contributed by atoms with Gasteiger partial charge in [0.2, 0.25) is 0 Å². The molecule has 0 aromatic carbocycles. The average molecular weight is 251 g/mol. The zero-order valence-corrected chi connectivity index (χ0v) is 12.4. The summed E-state index contributed by atoms with van der Waals surface area (Å²) in [7, 11) is 2.16. The first-order valence-corrected chi connectivity index (χ1v) is 7.39. The molecule has 0 aliphatic carbocycles. The van der Waals surface area contributed by atoms with Crippen LogP contribution in [0.1, 0.15) is 52.4 Å². The zero-order valence-electron chi connectivity index (χ0n) is 12.4. The third kappa shape index (κ3) is 4.49. The van der Waals surface area contributed by atoms with Crippen LogP contribution in [0.15, 0.2) is 23.9 Å². The maximum atomic E-state index is 5.98. The molecule has 18 heavy (non-hydrogen) atoms. The van der Waals surface area contributed by atoms with E-state index in [0.29, 0.717) is 0 Å². The van der Waals surface area contributed by atoms with Crippen LogP contribution in [-0.4, -0.2) is 31.2 Å². The molecule has 1 unspecified atom stereocenters. The van der Waals surface area contributed by atoms with E-state index in [1.54, 1.807) is 0 Å². The molecule has 0 aromatic rings. The highest BCUT2D eigenvalue weighted by Gasteiger charge is 2.20. The molecular weight excluding hydrogens is 222 g/mol. The molecular formula is C16H29NO. The fourth-order valence-electron chi connectivity index (χ4n) is 2.65. The van der Waals surface area contributed by atoms with Crippen molar-refractivity contribution in [2.45, 2.75) is 58.5 Å². The van der Waals surface area contributed by atoms with Crippen molar-refractivity contribution in [3.8, 4) is 0 Å². The molecule has 2 heteroatoms. The quantitative estimate of drug-likeness (QED) is 0.601. The van der Waals surface area contributed by atoms with Crippen molar-refractivity contribution in [2.75, 3.05) is 20.2 Å². The van der Waals surface area contributed by atoms with Gasteiger partial charge in [-0.3, -0.25) is 0 Å². The van der Waals surface area contributed by atoms with Gasteiger partial charge in [-0.1, -0.05) is 38.8 Å². The van der Waals surface area contributed by atoms with Crippen LogP contribution >= 0.6 is 0 Å². The predicted molar refractivity (Wildman–Crippen MR) is 78.6 cm³/mol. The van der Waals surface area contributed by atoms with Gasteiger partial charge < -0.3 is 9.64 Å². The Morgan fingerprint density at radius 3 is 2.83 bits per heavy atom. The first-order valence-electron chi connectivity index (χ1n) is 7.39. The fourth-order valence-corrected chi connectivity index (χ4v) is 2.65. The molecule has 0 saturated carbocycles. The molecule has 0 fully saturated rings. The molecule has 1 aliphatic rings. The largest absolute Gasteiger partial charge is 0.376 e. The molecule has 1 aliphatic heterocycles. The second-order valence-electron chi connectivity index (χ2n) is 5.21. The first kappa shape index (κ1) is 15.3. The monoisotopic (exact) mass is 251 g/mol. The highest BCUT2D eigenvalue weighted by atomic mass is 16.5. The topological polar surface area (TPSA) is 12.5 Å². The van der Waals surface area contributed by atoms with E-state index in [2.05, 4.69) is 32.4 Å². The lowest BCUT2D eigenvalue weighted by molar-refractivity contribution is 0.0657. The Hall–Kier alpha value is -0.760. The summed E-state index contributed by atoms with van der Waals surface area (Å²) >= 11 is 0. The van der Waals surface area contributed by atoms with Crippen LogP contribution in [0.5, 0.6) is 0 Å². The lowest BCUT2D eigenvalue weighted by atomic mass is 10.00. The van der Waals surface area contributed by atoms with Gasteiger partial charge in [0.1, 0.15) is 0 Å².